The predicted molar refractivity (Wildman–Crippen MR) is 123 cm³/mol. The molecule has 0 aliphatic heterocycles. The number of nitrogens with two attached hydrogens (primary N) is 1. The summed E-state index contributed by atoms with van der Waals surface area (Å²) >= 11 is 0. The molecule has 0 fully saturated rings. The number of nitrogens with zero attached hydrogens (tertiary/aromatic N) is 2. The third-order valence-corrected chi connectivity index (χ3v) is 5.29. The highest BCUT2D eigenvalue weighted by Gasteiger charge is 2.36. The van der Waals surface area contributed by atoms with Gasteiger partial charge >= 0.3 is 18.4 Å². The molecule has 0 bridgehead atoms. The molecule has 0 radical (unpaired) electrons. The van der Waals surface area contributed by atoms with E-state index < -0.39 is 30.2 Å². The van der Waals surface area contributed by atoms with Crippen molar-refractivity contribution in [1.82, 2.24) is 9.55 Å². The van der Waals surface area contributed by atoms with E-state index in [0.29, 0.717) is 30.4 Å². The van der Waals surface area contributed by atoms with Gasteiger partial charge in [-0.2, -0.15) is 26.3 Å². The van der Waals surface area contributed by atoms with Gasteiger partial charge in [0.05, 0.1) is 25.8 Å². The number of aliphatic carboxylic acids is 1. The maximum atomic E-state index is 13.8. The van der Waals surface area contributed by atoms with Gasteiger partial charge in [-0.15, -0.1) is 0 Å². The van der Waals surface area contributed by atoms with E-state index in [9.17, 15) is 31.1 Å². The minimum absolute atomic E-state index is 0.0830. The van der Waals surface area contributed by atoms with Crippen LogP contribution >= 0.6 is 0 Å². The van der Waals surface area contributed by atoms with Crippen LogP contribution in [0.15, 0.2) is 54.7 Å². The van der Waals surface area contributed by atoms with Crippen LogP contribution in [0.2, 0.25) is 0 Å². The fourth-order valence-corrected chi connectivity index (χ4v) is 3.66. The highest BCUT2D eigenvalue weighted by molar-refractivity contribution is 5.67. The molecule has 1 heterocycles. The molecular weight excluding hydrogens is 506 g/mol. The van der Waals surface area contributed by atoms with Crippen LogP contribution in [0.3, 0.4) is 0 Å². The van der Waals surface area contributed by atoms with E-state index in [1.807, 2.05) is 0 Å². The lowest BCUT2D eigenvalue weighted by Gasteiger charge is -2.17. The predicted octanol–water partition coefficient (Wildman–Crippen LogP) is 5.51. The van der Waals surface area contributed by atoms with Crippen molar-refractivity contribution in [3.63, 3.8) is 0 Å². The summed E-state index contributed by atoms with van der Waals surface area (Å²) in [7, 11) is 0. The number of ether oxygens (including phenoxy) is 1. The Balaban J connectivity index is 1.83. The third kappa shape index (κ3) is 8.13. The first kappa shape index (κ1) is 27.8. The summed E-state index contributed by atoms with van der Waals surface area (Å²) in [5.41, 5.74) is 5.03. The molecule has 0 saturated carbocycles. The molecule has 0 aliphatic carbocycles. The van der Waals surface area contributed by atoms with Gasteiger partial charge < -0.3 is 20.1 Å². The minimum atomic E-state index is -4.74. The molecule has 37 heavy (non-hydrogen) atoms. The van der Waals surface area contributed by atoms with Gasteiger partial charge in [-0.1, -0.05) is 18.2 Å². The zero-order chi connectivity index (χ0) is 27.2. The van der Waals surface area contributed by atoms with Gasteiger partial charge in [0.1, 0.15) is 17.3 Å². The number of carboxylic acids is 1. The largest absolute Gasteiger partial charge is 0.493 e. The lowest BCUT2D eigenvalue weighted by atomic mass is 10.1. The summed E-state index contributed by atoms with van der Waals surface area (Å²) in [5.74, 6) is -0.770. The maximum absolute atomic E-state index is 13.8. The monoisotopic (exact) mass is 530 g/mol. The van der Waals surface area contributed by atoms with Crippen molar-refractivity contribution in [3.8, 4) is 17.1 Å². The van der Waals surface area contributed by atoms with Crippen LogP contribution in [-0.4, -0.2) is 39.6 Å². The number of carbonyl (C=O) groups is 1. The van der Waals surface area contributed by atoms with E-state index in [0.717, 1.165) is 16.7 Å². The number of alkyl halides is 6. The number of aromatic nitrogens is 2. The molecule has 0 unspecified atom stereocenters. The lowest BCUT2D eigenvalue weighted by Crippen LogP contribution is -2.24. The average Bonchev–Trinajstić information content (AvgIpc) is 3.21. The van der Waals surface area contributed by atoms with Gasteiger partial charge in [-0.05, 0) is 43.2 Å². The van der Waals surface area contributed by atoms with E-state index in [1.165, 1.54) is 17.4 Å². The van der Waals surface area contributed by atoms with E-state index in [-0.39, 0.29) is 36.6 Å². The highest BCUT2D eigenvalue weighted by atomic mass is 19.4. The molecule has 7 nitrogen and oxygen atoms in total. The van der Waals surface area contributed by atoms with E-state index in [4.69, 9.17) is 15.6 Å². The average molecular weight is 530 g/mol. The SMILES string of the molecule is N[C@H](CCCOc1ccccc1Cn1c(C(F)(F)F)cnc1-c1ccc(NC(F)(F)F)cc1)CC(=O)O. The second-order valence-corrected chi connectivity index (χ2v) is 8.21. The molecule has 2 aromatic carbocycles. The van der Waals surface area contributed by atoms with Gasteiger partial charge in [0.2, 0.25) is 0 Å². The van der Waals surface area contributed by atoms with Crippen LogP contribution in [0.1, 0.15) is 30.5 Å². The lowest BCUT2D eigenvalue weighted by molar-refractivity contribution is -0.143. The smallest absolute Gasteiger partial charge is 0.482 e. The Labute approximate surface area is 207 Å². The van der Waals surface area contributed by atoms with Crippen molar-refractivity contribution >= 4 is 11.7 Å². The number of benzene rings is 2. The molecule has 1 atom stereocenters. The molecule has 3 rings (SSSR count). The summed E-state index contributed by atoms with van der Waals surface area (Å²) < 4.78 is 85.6. The summed E-state index contributed by atoms with van der Waals surface area (Å²) in [5, 5.41) is 10.1. The van der Waals surface area contributed by atoms with Crippen LogP contribution in [-0.2, 0) is 17.5 Å². The molecule has 13 heteroatoms. The first-order valence-corrected chi connectivity index (χ1v) is 11.1. The van der Waals surface area contributed by atoms with Crippen molar-refractivity contribution < 1.29 is 41.0 Å². The maximum Gasteiger partial charge on any atom is 0.482 e. The van der Waals surface area contributed by atoms with Crippen LogP contribution in [0.25, 0.3) is 11.4 Å². The number of hydrogen-bond donors (Lipinski definition) is 3. The Morgan fingerprint density at radius 1 is 1.08 bits per heavy atom. The van der Waals surface area contributed by atoms with Crippen molar-refractivity contribution in [3.05, 3.63) is 66.0 Å². The van der Waals surface area contributed by atoms with Gasteiger partial charge in [0.15, 0.2) is 0 Å². The Morgan fingerprint density at radius 3 is 2.38 bits per heavy atom. The topological polar surface area (TPSA) is 102 Å². The summed E-state index contributed by atoms with van der Waals surface area (Å²) in [6, 6.07) is 10.6. The second-order valence-electron chi connectivity index (χ2n) is 8.21. The zero-order valence-corrected chi connectivity index (χ0v) is 19.3. The van der Waals surface area contributed by atoms with Crippen molar-refractivity contribution in [2.24, 2.45) is 5.73 Å². The van der Waals surface area contributed by atoms with Crippen molar-refractivity contribution in [2.75, 3.05) is 11.9 Å². The van der Waals surface area contributed by atoms with Crippen molar-refractivity contribution in [2.45, 2.75) is 44.3 Å². The number of para-hydroxylation sites is 1. The highest BCUT2D eigenvalue weighted by Crippen LogP contribution is 2.34. The first-order chi connectivity index (χ1) is 17.3. The second kappa shape index (κ2) is 11.5. The molecule has 0 spiro atoms. The van der Waals surface area contributed by atoms with Crippen LogP contribution in [0.4, 0.5) is 32.0 Å². The molecule has 200 valence electrons. The third-order valence-electron chi connectivity index (χ3n) is 5.29. The Kier molecular flexibility index (Phi) is 8.69. The molecule has 0 amide bonds. The minimum Gasteiger partial charge on any atom is -0.493 e. The summed E-state index contributed by atoms with van der Waals surface area (Å²) in [4.78, 5) is 14.6. The fourth-order valence-electron chi connectivity index (χ4n) is 3.66. The van der Waals surface area contributed by atoms with Gasteiger partial charge in [-0.3, -0.25) is 10.1 Å². The van der Waals surface area contributed by atoms with Crippen LogP contribution < -0.4 is 15.8 Å². The van der Waals surface area contributed by atoms with Crippen molar-refractivity contribution in [1.29, 1.82) is 0 Å². The molecule has 1 aromatic heterocycles. The number of rotatable bonds is 11. The first-order valence-electron chi connectivity index (χ1n) is 11.1. The normalized spacial score (nSPS) is 12.8. The number of anilines is 1. The summed E-state index contributed by atoms with van der Waals surface area (Å²) in [6.45, 7) is -0.109. The Bertz CT molecular complexity index is 1190. The van der Waals surface area contributed by atoms with Gasteiger partial charge in [-0.25, -0.2) is 4.98 Å². The van der Waals surface area contributed by atoms with Crippen LogP contribution in [0.5, 0.6) is 5.75 Å². The number of nitrogens with one attached hydrogen (secondary N) is 1. The van der Waals surface area contributed by atoms with E-state index >= 15 is 0 Å². The number of imidazole rings is 1. The Hall–Kier alpha value is -3.74. The van der Waals surface area contributed by atoms with Gasteiger partial charge in [0.25, 0.3) is 0 Å². The van der Waals surface area contributed by atoms with E-state index in [1.54, 1.807) is 24.3 Å². The standard InChI is InChI=1S/C24H24F6N4O3/c25-23(26,27)20-13-32-22(15-7-9-18(10-8-15)33-24(28,29)30)34(20)14-16-4-1-2-6-19(16)37-11-3-5-17(31)12-21(35)36/h1-2,4,6-10,13,17,33H,3,5,11-12,14,31H2,(H,35,36)/t17-/m1/s1. The Morgan fingerprint density at radius 2 is 1.76 bits per heavy atom. The van der Waals surface area contributed by atoms with Crippen LogP contribution in [0, 0.1) is 0 Å². The molecular formula is C24H24F6N4O3. The number of hydrogen-bond acceptors (Lipinski definition) is 5. The number of halogens is 6. The summed E-state index contributed by atoms with van der Waals surface area (Å²) in [6.07, 6.45) is -8.09. The molecule has 4 N–H and O–H groups in total. The van der Waals surface area contributed by atoms with E-state index in [2.05, 4.69) is 4.98 Å². The zero-order valence-electron chi connectivity index (χ0n) is 19.3. The molecule has 3 aromatic rings. The fraction of sp³-hybridized carbons (Fsp3) is 0.333. The van der Waals surface area contributed by atoms with Gasteiger partial charge in [0, 0.05) is 22.9 Å². The molecule has 0 saturated heterocycles. The quantitative estimate of drug-likeness (QED) is 0.172. The molecule has 0 aliphatic rings. The number of carboxylic acid groups (broad SMARTS) is 1.